The van der Waals surface area contributed by atoms with Crippen LogP contribution in [0.4, 0.5) is 4.79 Å². The zero-order valence-electron chi connectivity index (χ0n) is 17.2. The second-order valence-electron chi connectivity index (χ2n) is 8.19. The van der Waals surface area contributed by atoms with Crippen LogP contribution in [0.2, 0.25) is 0 Å². The number of hydrogen-bond donors (Lipinski definition) is 1. The van der Waals surface area contributed by atoms with E-state index in [1.54, 1.807) is 37.3 Å². The van der Waals surface area contributed by atoms with Crippen molar-refractivity contribution in [2.24, 2.45) is 0 Å². The molecule has 1 atom stereocenters. The van der Waals surface area contributed by atoms with Gasteiger partial charge in [-0.15, -0.1) is 0 Å². The summed E-state index contributed by atoms with van der Waals surface area (Å²) in [6.45, 7) is 7.24. The summed E-state index contributed by atoms with van der Waals surface area (Å²) in [7, 11) is -3.73. The Morgan fingerprint density at radius 1 is 1.24 bits per heavy atom. The Morgan fingerprint density at radius 3 is 2.59 bits per heavy atom. The summed E-state index contributed by atoms with van der Waals surface area (Å²) in [6, 6.07) is 8.55. The molecule has 1 aromatic carbocycles. The number of allylic oxidation sites excluding steroid dienone is 1. The maximum absolute atomic E-state index is 12.9. The molecule has 1 aliphatic rings. The fraction of sp³-hybridized carbons (Fsp3) is 0.429. The number of hydrogen-bond acceptors (Lipinski definition) is 5. The lowest BCUT2D eigenvalue weighted by Gasteiger charge is -2.25. The van der Waals surface area contributed by atoms with E-state index in [1.807, 2.05) is 26.8 Å². The van der Waals surface area contributed by atoms with Crippen molar-refractivity contribution in [2.75, 3.05) is 0 Å². The third-order valence-electron chi connectivity index (χ3n) is 4.64. The van der Waals surface area contributed by atoms with Gasteiger partial charge < -0.3 is 10.1 Å². The van der Waals surface area contributed by atoms with Gasteiger partial charge in [0.25, 0.3) is 10.0 Å². The van der Waals surface area contributed by atoms with Crippen LogP contribution in [0.25, 0.3) is 5.57 Å². The van der Waals surface area contributed by atoms with E-state index in [0.717, 1.165) is 16.1 Å². The number of rotatable bonds is 4. The maximum atomic E-state index is 12.9. The van der Waals surface area contributed by atoms with Crippen LogP contribution in [-0.4, -0.2) is 35.3 Å². The molecule has 156 valence electrons. The van der Waals surface area contributed by atoms with Gasteiger partial charge in [0.15, 0.2) is 0 Å². The molecule has 0 fully saturated rings. The predicted octanol–water partition coefficient (Wildman–Crippen LogP) is 3.89. The fourth-order valence-corrected chi connectivity index (χ4v) is 4.57. The molecule has 8 heteroatoms. The van der Waals surface area contributed by atoms with Crippen LogP contribution in [0, 0.1) is 6.92 Å². The van der Waals surface area contributed by atoms with Crippen LogP contribution in [-0.2, 0) is 14.8 Å². The number of nitrogens with one attached hydrogen (secondary N) is 1. The smallest absolute Gasteiger partial charge is 0.407 e. The van der Waals surface area contributed by atoms with Crippen LogP contribution in [0.3, 0.4) is 0 Å². The molecule has 29 heavy (non-hydrogen) atoms. The number of aryl methyl sites for hydroxylation is 1. The zero-order chi connectivity index (χ0) is 21.2. The van der Waals surface area contributed by atoms with Gasteiger partial charge in [-0.2, -0.15) is 17.6 Å². The van der Waals surface area contributed by atoms with Gasteiger partial charge in [0, 0.05) is 12.2 Å². The minimum absolute atomic E-state index is 0.00798. The van der Waals surface area contributed by atoms with Crippen molar-refractivity contribution >= 4 is 21.7 Å². The topological polar surface area (TPSA) is 90.3 Å². The molecule has 1 N–H and O–H groups in total. The molecule has 0 radical (unpaired) electrons. The van der Waals surface area contributed by atoms with E-state index in [-0.39, 0.29) is 10.9 Å². The standard InChI is InChI=1S/C21H27N3O4S/c1-15-7-5-6-8-19(15)29(26,27)24-14-13-18(23-24)16-9-11-17(12-10-16)22-20(25)28-21(2,3)4/h5-9,13-14,17H,10-12H2,1-4H3,(H,22,25). The molecule has 0 aliphatic heterocycles. The van der Waals surface area contributed by atoms with Crippen LogP contribution < -0.4 is 5.32 Å². The highest BCUT2D eigenvalue weighted by atomic mass is 32.2. The summed E-state index contributed by atoms with van der Waals surface area (Å²) in [4.78, 5) is 12.2. The second kappa shape index (κ2) is 8.02. The van der Waals surface area contributed by atoms with Crippen molar-refractivity contribution in [1.29, 1.82) is 0 Å². The second-order valence-corrected chi connectivity index (χ2v) is 9.96. The Labute approximate surface area is 171 Å². The lowest BCUT2D eigenvalue weighted by atomic mass is 9.93. The number of benzene rings is 1. The molecule has 0 spiro atoms. The minimum atomic E-state index is -3.73. The number of carbonyl (C=O) groups excluding carboxylic acids is 1. The van der Waals surface area contributed by atoms with E-state index < -0.39 is 21.7 Å². The van der Waals surface area contributed by atoms with Crippen molar-refractivity contribution in [3.05, 3.63) is 53.9 Å². The van der Waals surface area contributed by atoms with Gasteiger partial charge in [0.05, 0.1) is 10.6 Å². The summed E-state index contributed by atoms with van der Waals surface area (Å²) < 4.78 is 32.0. The summed E-state index contributed by atoms with van der Waals surface area (Å²) in [5, 5.41) is 7.18. The fourth-order valence-electron chi connectivity index (χ4n) is 3.23. The molecule has 3 rings (SSSR count). The van der Waals surface area contributed by atoms with Crippen LogP contribution in [0.5, 0.6) is 0 Å². The first kappa shape index (κ1) is 21.1. The van der Waals surface area contributed by atoms with Crippen LogP contribution in [0.15, 0.2) is 47.5 Å². The van der Waals surface area contributed by atoms with E-state index in [0.29, 0.717) is 24.1 Å². The molecule has 1 amide bonds. The highest BCUT2D eigenvalue weighted by molar-refractivity contribution is 7.89. The predicted molar refractivity (Wildman–Crippen MR) is 111 cm³/mol. The Kier molecular flexibility index (Phi) is 5.84. The number of aromatic nitrogens is 2. The molecule has 1 aliphatic carbocycles. The monoisotopic (exact) mass is 417 g/mol. The lowest BCUT2D eigenvalue weighted by Crippen LogP contribution is -2.39. The van der Waals surface area contributed by atoms with Crippen molar-refractivity contribution in [1.82, 2.24) is 14.5 Å². The summed E-state index contributed by atoms with van der Waals surface area (Å²) in [5.74, 6) is 0. The quantitative estimate of drug-likeness (QED) is 0.815. The molecule has 0 bridgehead atoms. The molecule has 0 saturated carbocycles. The molecule has 1 heterocycles. The largest absolute Gasteiger partial charge is 0.444 e. The van der Waals surface area contributed by atoms with Crippen LogP contribution >= 0.6 is 0 Å². The Balaban J connectivity index is 1.70. The lowest BCUT2D eigenvalue weighted by molar-refractivity contribution is 0.0502. The van der Waals surface area contributed by atoms with Gasteiger partial charge in [-0.3, -0.25) is 0 Å². The Bertz CT molecular complexity index is 1030. The maximum Gasteiger partial charge on any atom is 0.407 e. The molecule has 2 aromatic rings. The third kappa shape index (κ3) is 5.06. The van der Waals surface area contributed by atoms with E-state index in [4.69, 9.17) is 4.74 Å². The molecule has 7 nitrogen and oxygen atoms in total. The number of nitrogens with zero attached hydrogens (tertiary/aromatic N) is 2. The highest BCUT2D eigenvalue weighted by Crippen LogP contribution is 2.27. The molecular formula is C21H27N3O4S. The first-order chi connectivity index (χ1) is 13.6. The Hall–Kier alpha value is -2.61. The van der Waals surface area contributed by atoms with Gasteiger partial charge in [0.2, 0.25) is 0 Å². The van der Waals surface area contributed by atoms with E-state index in [2.05, 4.69) is 10.4 Å². The third-order valence-corrected chi connectivity index (χ3v) is 6.35. The summed E-state index contributed by atoms with van der Waals surface area (Å²) in [5.41, 5.74) is 1.76. The Morgan fingerprint density at radius 2 is 1.97 bits per heavy atom. The van der Waals surface area contributed by atoms with Gasteiger partial charge in [0.1, 0.15) is 5.60 Å². The zero-order valence-corrected chi connectivity index (χ0v) is 18.0. The number of amides is 1. The average Bonchev–Trinajstić information content (AvgIpc) is 3.12. The van der Waals surface area contributed by atoms with Gasteiger partial charge >= 0.3 is 6.09 Å². The first-order valence-corrected chi connectivity index (χ1v) is 11.1. The van der Waals surface area contributed by atoms with E-state index >= 15 is 0 Å². The normalized spacial score (nSPS) is 17.5. The number of alkyl carbamates (subject to hydrolysis) is 1. The molecule has 1 aromatic heterocycles. The van der Waals surface area contributed by atoms with Gasteiger partial charge in [-0.1, -0.05) is 24.3 Å². The highest BCUT2D eigenvalue weighted by Gasteiger charge is 2.24. The summed E-state index contributed by atoms with van der Waals surface area (Å²) >= 11 is 0. The van der Waals surface area contributed by atoms with Crippen LogP contribution in [0.1, 0.15) is 51.3 Å². The van der Waals surface area contributed by atoms with Gasteiger partial charge in [-0.05, 0) is 70.2 Å². The van der Waals surface area contributed by atoms with Crippen molar-refractivity contribution in [3.63, 3.8) is 0 Å². The van der Waals surface area contributed by atoms with Gasteiger partial charge in [-0.25, -0.2) is 4.79 Å². The average molecular weight is 418 g/mol. The number of carbonyl (C=O) groups is 1. The van der Waals surface area contributed by atoms with Crippen molar-refractivity contribution in [2.45, 2.75) is 63.5 Å². The SMILES string of the molecule is Cc1ccccc1S(=O)(=O)n1ccc(C2=CCC(NC(=O)OC(C)(C)C)CC2)n1. The molecule has 1 unspecified atom stereocenters. The first-order valence-electron chi connectivity index (χ1n) is 9.62. The number of ether oxygens (including phenoxy) is 1. The van der Waals surface area contributed by atoms with E-state index in [9.17, 15) is 13.2 Å². The molecule has 0 saturated heterocycles. The molecular weight excluding hydrogens is 390 g/mol. The van der Waals surface area contributed by atoms with E-state index in [1.165, 1.54) is 6.20 Å². The van der Waals surface area contributed by atoms with Crippen molar-refractivity contribution in [3.8, 4) is 0 Å². The van der Waals surface area contributed by atoms with Crippen molar-refractivity contribution < 1.29 is 17.9 Å². The minimum Gasteiger partial charge on any atom is -0.444 e. The summed E-state index contributed by atoms with van der Waals surface area (Å²) in [6.07, 6.45) is 5.13.